The van der Waals surface area contributed by atoms with E-state index in [1.807, 2.05) is 18.2 Å². The van der Waals surface area contributed by atoms with Gasteiger partial charge in [0.05, 0.1) is 0 Å². The number of carbonyl (C=O) groups excluding carboxylic acids is 1. The molecule has 0 aliphatic rings. The summed E-state index contributed by atoms with van der Waals surface area (Å²) in [5.41, 5.74) is 2.12. The number of hydrogen-bond acceptors (Lipinski definition) is 3. The van der Waals surface area contributed by atoms with Gasteiger partial charge in [-0.3, -0.25) is 9.59 Å². The van der Waals surface area contributed by atoms with Gasteiger partial charge in [-0.05, 0) is 29.8 Å². The summed E-state index contributed by atoms with van der Waals surface area (Å²) in [4.78, 5) is 23.5. The minimum atomic E-state index is -0.975. The first-order chi connectivity index (χ1) is 13.5. The Morgan fingerprint density at radius 3 is 2.57 bits per heavy atom. The molecule has 0 fully saturated rings. The number of fused-ring (bicyclic) bond motifs is 1. The number of nitrogens with zero attached hydrogens (tertiary/aromatic N) is 2. The fraction of sp³-hybridized carbons (Fsp3) is 0.0952. The maximum atomic E-state index is 12.4. The SMILES string of the molecule is N#C/C(=C\c1cn(CC(=O)O)c2ccccc12)C(=O)NCc1ccc(Cl)cc1. The normalized spacial score (nSPS) is 11.2. The van der Waals surface area contributed by atoms with Crippen molar-refractivity contribution in [2.24, 2.45) is 0 Å². The molecule has 0 saturated heterocycles. The van der Waals surface area contributed by atoms with Gasteiger partial charge in [0.1, 0.15) is 18.2 Å². The second-order valence-electron chi connectivity index (χ2n) is 6.10. The molecule has 3 rings (SSSR count). The summed E-state index contributed by atoms with van der Waals surface area (Å²) in [7, 11) is 0. The molecule has 140 valence electrons. The summed E-state index contributed by atoms with van der Waals surface area (Å²) >= 11 is 5.84. The summed E-state index contributed by atoms with van der Waals surface area (Å²) in [6, 6.07) is 16.2. The van der Waals surface area contributed by atoms with Crippen molar-refractivity contribution in [3.05, 3.63) is 76.5 Å². The van der Waals surface area contributed by atoms with Gasteiger partial charge < -0.3 is 15.0 Å². The molecule has 0 unspecified atom stereocenters. The van der Waals surface area contributed by atoms with E-state index < -0.39 is 11.9 Å². The molecule has 6 nitrogen and oxygen atoms in total. The highest BCUT2D eigenvalue weighted by Gasteiger charge is 2.13. The number of carboxylic acids is 1. The van der Waals surface area contributed by atoms with Gasteiger partial charge in [0.25, 0.3) is 5.91 Å². The van der Waals surface area contributed by atoms with Crippen LogP contribution in [0.4, 0.5) is 0 Å². The molecular formula is C21H16ClN3O3. The predicted molar refractivity (Wildman–Crippen MR) is 106 cm³/mol. The van der Waals surface area contributed by atoms with E-state index in [1.54, 1.807) is 47.2 Å². The maximum absolute atomic E-state index is 12.4. The largest absolute Gasteiger partial charge is 0.480 e. The molecule has 0 aliphatic heterocycles. The molecule has 28 heavy (non-hydrogen) atoms. The van der Waals surface area contributed by atoms with E-state index in [2.05, 4.69) is 5.32 Å². The second-order valence-corrected chi connectivity index (χ2v) is 6.54. The molecule has 3 aromatic rings. The lowest BCUT2D eigenvalue weighted by atomic mass is 10.1. The molecular weight excluding hydrogens is 378 g/mol. The molecule has 0 atom stereocenters. The second kappa shape index (κ2) is 8.42. The van der Waals surface area contributed by atoms with Crippen molar-refractivity contribution < 1.29 is 14.7 Å². The van der Waals surface area contributed by atoms with Gasteiger partial charge in [-0.25, -0.2) is 0 Å². The summed E-state index contributed by atoms with van der Waals surface area (Å²) in [6.07, 6.45) is 3.10. The Bertz CT molecular complexity index is 1110. The molecule has 1 amide bonds. The lowest BCUT2D eigenvalue weighted by Crippen LogP contribution is -2.23. The van der Waals surface area contributed by atoms with E-state index in [0.29, 0.717) is 10.6 Å². The van der Waals surface area contributed by atoms with E-state index in [9.17, 15) is 14.9 Å². The number of halogens is 1. The van der Waals surface area contributed by atoms with E-state index in [1.165, 1.54) is 6.08 Å². The standard InChI is InChI=1S/C21H16ClN3O3/c22-17-7-5-14(6-8-17)11-24-21(28)15(10-23)9-16-12-25(13-20(26)27)19-4-2-1-3-18(16)19/h1-9,12H,11,13H2,(H,24,28)(H,26,27)/b15-9+. The number of benzene rings is 2. The highest BCUT2D eigenvalue weighted by molar-refractivity contribution is 6.30. The molecule has 0 spiro atoms. The fourth-order valence-electron chi connectivity index (χ4n) is 2.85. The first kappa shape index (κ1) is 19.2. The minimum absolute atomic E-state index is 0.0628. The molecule has 2 N–H and O–H groups in total. The van der Waals surface area contributed by atoms with Crippen molar-refractivity contribution in [3.8, 4) is 6.07 Å². The Balaban J connectivity index is 1.85. The Morgan fingerprint density at radius 1 is 1.18 bits per heavy atom. The van der Waals surface area contributed by atoms with Crippen LogP contribution in [0.3, 0.4) is 0 Å². The zero-order valence-corrected chi connectivity index (χ0v) is 15.5. The number of aromatic nitrogens is 1. The maximum Gasteiger partial charge on any atom is 0.323 e. The number of aliphatic carboxylic acids is 1. The van der Waals surface area contributed by atoms with Crippen LogP contribution < -0.4 is 5.32 Å². The van der Waals surface area contributed by atoms with Gasteiger partial charge in [0, 0.05) is 34.2 Å². The van der Waals surface area contributed by atoms with Crippen LogP contribution >= 0.6 is 11.6 Å². The number of rotatable bonds is 6. The van der Waals surface area contributed by atoms with Gasteiger partial charge in [-0.15, -0.1) is 0 Å². The van der Waals surface area contributed by atoms with Gasteiger partial charge >= 0.3 is 5.97 Å². The summed E-state index contributed by atoms with van der Waals surface area (Å²) < 4.78 is 1.57. The Labute approximate surface area is 166 Å². The highest BCUT2D eigenvalue weighted by Crippen LogP contribution is 2.23. The number of carbonyl (C=O) groups is 2. The van der Waals surface area contributed by atoms with E-state index in [0.717, 1.165) is 16.5 Å². The van der Waals surface area contributed by atoms with Crippen LogP contribution in [0.5, 0.6) is 0 Å². The lowest BCUT2D eigenvalue weighted by Gasteiger charge is -2.04. The van der Waals surface area contributed by atoms with Crippen LogP contribution in [-0.2, 0) is 22.7 Å². The molecule has 2 aromatic carbocycles. The fourth-order valence-corrected chi connectivity index (χ4v) is 2.98. The Kier molecular flexibility index (Phi) is 5.78. The third-order valence-electron chi connectivity index (χ3n) is 4.16. The number of para-hydroxylation sites is 1. The quantitative estimate of drug-likeness (QED) is 0.494. The van der Waals surface area contributed by atoms with E-state index in [-0.39, 0.29) is 18.7 Å². The molecule has 0 bridgehead atoms. The van der Waals surface area contributed by atoms with Crippen molar-refractivity contribution in [2.75, 3.05) is 0 Å². The van der Waals surface area contributed by atoms with Gasteiger partial charge in [0.2, 0.25) is 0 Å². The smallest absolute Gasteiger partial charge is 0.323 e. The van der Waals surface area contributed by atoms with Crippen LogP contribution in [0.25, 0.3) is 17.0 Å². The number of nitriles is 1. The lowest BCUT2D eigenvalue weighted by molar-refractivity contribution is -0.137. The summed E-state index contributed by atoms with van der Waals surface area (Å²) in [5, 5.41) is 22.6. The van der Waals surface area contributed by atoms with Crippen LogP contribution in [0, 0.1) is 11.3 Å². The Hall–Kier alpha value is -3.56. The van der Waals surface area contributed by atoms with Crippen LogP contribution in [0.15, 0.2) is 60.3 Å². The molecule has 0 aliphatic carbocycles. The van der Waals surface area contributed by atoms with Crippen LogP contribution in [0.1, 0.15) is 11.1 Å². The third-order valence-corrected chi connectivity index (χ3v) is 4.41. The van der Waals surface area contributed by atoms with Crippen LogP contribution in [0.2, 0.25) is 5.02 Å². The first-order valence-corrected chi connectivity index (χ1v) is 8.80. The zero-order chi connectivity index (χ0) is 20.1. The Morgan fingerprint density at radius 2 is 1.89 bits per heavy atom. The van der Waals surface area contributed by atoms with Crippen molar-refractivity contribution in [2.45, 2.75) is 13.1 Å². The molecule has 7 heteroatoms. The zero-order valence-electron chi connectivity index (χ0n) is 14.7. The van der Waals surface area contributed by atoms with Gasteiger partial charge in [-0.1, -0.05) is 41.9 Å². The van der Waals surface area contributed by atoms with Gasteiger partial charge in [-0.2, -0.15) is 5.26 Å². The monoisotopic (exact) mass is 393 g/mol. The average molecular weight is 394 g/mol. The molecule has 1 heterocycles. The van der Waals surface area contributed by atoms with E-state index in [4.69, 9.17) is 16.7 Å². The number of amides is 1. The van der Waals surface area contributed by atoms with Crippen molar-refractivity contribution in [1.82, 2.24) is 9.88 Å². The van der Waals surface area contributed by atoms with Crippen molar-refractivity contribution in [3.63, 3.8) is 0 Å². The molecule has 0 saturated carbocycles. The topological polar surface area (TPSA) is 95.1 Å². The molecule has 1 aromatic heterocycles. The number of hydrogen-bond donors (Lipinski definition) is 2. The average Bonchev–Trinajstić information content (AvgIpc) is 3.02. The first-order valence-electron chi connectivity index (χ1n) is 8.42. The summed E-state index contributed by atoms with van der Waals surface area (Å²) in [6.45, 7) is 0.0504. The van der Waals surface area contributed by atoms with Gasteiger partial charge in [0.15, 0.2) is 0 Å². The van der Waals surface area contributed by atoms with Crippen molar-refractivity contribution in [1.29, 1.82) is 5.26 Å². The number of nitrogens with one attached hydrogen (secondary N) is 1. The van der Waals surface area contributed by atoms with Crippen molar-refractivity contribution >= 4 is 40.5 Å². The van der Waals surface area contributed by atoms with Crippen LogP contribution in [-0.4, -0.2) is 21.6 Å². The minimum Gasteiger partial charge on any atom is -0.480 e. The third kappa shape index (κ3) is 4.40. The molecule has 0 radical (unpaired) electrons. The van der Waals surface area contributed by atoms with E-state index >= 15 is 0 Å². The summed E-state index contributed by atoms with van der Waals surface area (Å²) in [5.74, 6) is -1.48. The number of carboxylic acid groups (broad SMARTS) is 1. The predicted octanol–water partition coefficient (Wildman–Crippen LogP) is 3.60. The highest BCUT2D eigenvalue weighted by atomic mass is 35.5.